The highest BCUT2D eigenvalue weighted by Crippen LogP contribution is 2.37. The molecule has 0 radical (unpaired) electrons. The zero-order chi connectivity index (χ0) is 28.9. The van der Waals surface area contributed by atoms with Crippen LogP contribution in [0.15, 0.2) is 60.7 Å². The van der Waals surface area contributed by atoms with Gasteiger partial charge in [-0.25, -0.2) is 9.59 Å². The van der Waals surface area contributed by atoms with Gasteiger partial charge in [0.25, 0.3) is 0 Å². The number of ether oxygens (including phenoxy) is 7. The molecule has 3 saturated heterocycles. The van der Waals surface area contributed by atoms with Gasteiger partial charge in [-0.3, -0.25) is 0 Å². The minimum Gasteiger partial charge on any atom is -0.467 e. The lowest BCUT2D eigenvalue weighted by atomic mass is 9.89. The monoisotopic (exact) mass is 569 g/mol. The van der Waals surface area contributed by atoms with Gasteiger partial charge in [0.1, 0.15) is 12.2 Å². The summed E-state index contributed by atoms with van der Waals surface area (Å²) in [5, 5.41) is 2.83. The summed E-state index contributed by atoms with van der Waals surface area (Å²) in [7, 11) is 1.32. The van der Waals surface area contributed by atoms with E-state index in [-0.39, 0.29) is 24.9 Å². The van der Waals surface area contributed by atoms with E-state index in [1.165, 1.54) is 7.11 Å². The third-order valence-corrected chi connectivity index (χ3v) is 8.03. The van der Waals surface area contributed by atoms with Gasteiger partial charge in [0, 0.05) is 5.92 Å². The summed E-state index contributed by atoms with van der Waals surface area (Å²) >= 11 is 0. The number of alkyl carbamates (subject to hydrolysis) is 1. The molecule has 2 aromatic carbocycles. The SMILES string of the molecule is CCC1O[C@@H](C)[C@@H]2NC(=O)OC2[C@H]1O[C@@H]1OC(C(=O)OC)[C@H](C)[C@H](OCc2ccccc2)C1OCc1ccccc1. The minimum atomic E-state index is -1.05. The molecule has 0 saturated carbocycles. The number of hydrogen-bond acceptors (Lipinski definition) is 9. The van der Waals surface area contributed by atoms with Gasteiger partial charge in [-0.2, -0.15) is 0 Å². The summed E-state index contributed by atoms with van der Waals surface area (Å²) in [6.45, 7) is 6.33. The number of carbonyl (C=O) groups is 2. The number of hydrogen-bond donors (Lipinski definition) is 1. The number of rotatable bonds is 10. The largest absolute Gasteiger partial charge is 0.467 e. The molecular weight excluding hydrogens is 530 g/mol. The normalized spacial score (nSPS) is 34.8. The highest BCUT2D eigenvalue weighted by atomic mass is 16.7. The lowest BCUT2D eigenvalue weighted by molar-refractivity contribution is -0.331. The van der Waals surface area contributed by atoms with Crippen LogP contribution in [0.4, 0.5) is 4.79 Å². The number of fused-ring (bicyclic) bond motifs is 1. The Hall–Kier alpha value is -3.02. The van der Waals surface area contributed by atoms with E-state index in [1.54, 1.807) is 0 Å². The Kier molecular flexibility index (Phi) is 9.57. The van der Waals surface area contributed by atoms with E-state index in [1.807, 2.05) is 81.4 Å². The highest BCUT2D eigenvalue weighted by molar-refractivity contribution is 5.75. The molecule has 10 heteroatoms. The van der Waals surface area contributed by atoms with E-state index in [0.29, 0.717) is 13.0 Å². The second-order valence-corrected chi connectivity index (χ2v) is 10.8. The maximum atomic E-state index is 12.9. The average molecular weight is 570 g/mol. The topological polar surface area (TPSA) is 111 Å². The molecule has 2 aromatic rings. The third-order valence-electron chi connectivity index (χ3n) is 8.03. The van der Waals surface area contributed by atoms with Crippen LogP contribution in [-0.2, 0) is 51.2 Å². The Labute approximate surface area is 240 Å². The number of nitrogens with one attached hydrogen (secondary N) is 1. The first-order valence-corrected chi connectivity index (χ1v) is 14.2. The number of amides is 1. The third kappa shape index (κ3) is 6.57. The molecule has 1 N–H and O–H groups in total. The summed E-state index contributed by atoms with van der Waals surface area (Å²) in [5.41, 5.74) is 1.94. The van der Waals surface area contributed by atoms with Gasteiger partial charge in [-0.05, 0) is 24.5 Å². The fraction of sp³-hybridized carbons (Fsp3) is 0.548. The quantitative estimate of drug-likeness (QED) is 0.428. The summed E-state index contributed by atoms with van der Waals surface area (Å²) in [6, 6.07) is 19.2. The molecule has 4 unspecified atom stereocenters. The second-order valence-electron chi connectivity index (χ2n) is 10.8. The first-order chi connectivity index (χ1) is 19.9. The smallest absolute Gasteiger partial charge is 0.408 e. The molecule has 0 aromatic heterocycles. The van der Waals surface area contributed by atoms with Gasteiger partial charge >= 0.3 is 12.1 Å². The maximum absolute atomic E-state index is 12.9. The Morgan fingerprint density at radius 2 is 1.49 bits per heavy atom. The molecule has 5 rings (SSSR count). The van der Waals surface area contributed by atoms with Gasteiger partial charge in [-0.1, -0.05) is 74.5 Å². The first-order valence-electron chi connectivity index (χ1n) is 14.2. The van der Waals surface area contributed by atoms with E-state index in [2.05, 4.69) is 5.32 Å². The Morgan fingerprint density at radius 1 is 0.878 bits per heavy atom. The van der Waals surface area contributed by atoms with E-state index >= 15 is 0 Å². The molecular formula is C31H39NO9. The average Bonchev–Trinajstić information content (AvgIpc) is 3.40. The summed E-state index contributed by atoms with van der Waals surface area (Å²) in [5.74, 6) is -0.955. The molecule has 3 aliphatic heterocycles. The molecule has 41 heavy (non-hydrogen) atoms. The van der Waals surface area contributed by atoms with Gasteiger partial charge in [0.2, 0.25) is 0 Å². The standard InChI is InChI=1S/C31H39NO9/c1-5-22-26(27-23(19(3)38-22)32-31(34)41-27)40-30-28(37-17-21-14-10-7-11-15-21)24(18(2)25(39-30)29(33)35-4)36-16-20-12-8-6-9-13-20/h6-15,18-19,22-28,30H,5,16-17H2,1-4H3,(H,32,34)/t18-,19+,22?,23+,24+,25?,26+,27?,28?,30+/m1/s1. The van der Waals surface area contributed by atoms with Crippen LogP contribution in [0.3, 0.4) is 0 Å². The van der Waals surface area contributed by atoms with E-state index in [0.717, 1.165) is 11.1 Å². The van der Waals surface area contributed by atoms with Crippen molar-refractivity contribution in [3.05, 3.63) is 71.8 Å². The zero-order valence-electron chi connectivity index (χ0n) is 23.8. The van der Waals surface area contributed by atoms with Gasteiger partial charge in [0.05, 0.1) is 44.7 Å². The molecule has 0 bridgehead atoms. The molecule has 3 fully saturated rings. The zero-order valence-corrected chi connectivity index (χ0v) is 23.8. The van der Waals surface area contributed by atoms with Gasteiger partial charge in [-0.15, -0.1) is 0 Å². The van der Waals surface area contributed by atoms with Crippen molar-refractivity contribution in [1.82, 2.24) is 5.32 Å². The van der Waals surface area contributed by atoms with Gasteiger partial charge in [0.15, 0.2) is 18.5 Å². The van der Waals surface area contributed by atoms with Gasteiger partial charge < -0.3 is 38.5 Å². The van der Waals surface area contributed by atoms with Crippen LogP contribution in [0, 0.1) is 5.92 Å². The Morgan fingerprint density at radius 3 is 2.07 bits per heavy atom. The van der Waals surface area contributed by atoms with E-state index in [4.69, 9.17) is 33.2 Å². The summed E-state index contributed by atoms with van der Waals surface area (Å²) in [6.07, 6.45) is -5.16. The lowest BCUT2D eigenvalue weighted by Crippen LogP contribution is -2.63. The van der Waals surface area contributed by atoms with Crippen molar-refractivity contribution in [2.24, 2.45) is 5.92 Å². The number of esters is 1. The summed E-state index contributed by atoms with van der Waals surface area (Å²) in [4.78, 5) is 25.1. The molecule has 10 nitrogen and oxygen atoms in total. The second kappa shape index (κ2) is 13.3. The predicted octanol–water partition coefficient (Wildman–Crippen LogP) is 3.75. The Bertz CT molecular complexity index is 1150. The predicted molar refractivity (Wildman–Crippen MR) is 147 cm³/mol. The highest BCUT2D eigenvalue weighted by Gasteiger charge is 2.55. The van der Waals surface area contributed by atoms with Crippen LogP contribution < -0.4 is 5.32 Å². The van der Waals surface area contributed by atoms with Crippen LogP contribution in [0.2, 0.25) is 0 Å². The number of benzene rings is 2. The van der Waals surface area contributed by atoms with Crippen LogP contribution in [0.5, 0.6) is 0 Å². The molecule has 0 aliphatic carbocycles. The summed E-state index contributed by atoms with van der Waals surface area (Å²) < 4.78 is 42.9. The van der Waals surface area contributed by atoms with Crippen LogP contribution in [-0.4, -0.2) is 74.2 Å². The fourth-order valence-electron chi connectivity index (χ4n) is 5.82. The Balaban J connectivity index is 1.45. The minimum absolute atomic E-state index is 0.265. The van der Waals surface area contributed by atoms with Crippen molar-refractivity contribution in [1.29, 1.82) is 0 Å². The van der Waals surface area contributed by atoms with Crippen molar-refractivity contribution < 1.29 is 42.7 Å². The van der Waals surface area contributed by atoms with Crippen molar-refractivity contribution in [3.63, 3.8) is 0 Å². The van der Waals surface area contributed by atoms with E-state index < -0.39 is 54.8 Å². The van der Waals surface area contributed by atoms with Crippen molar-refractivity contribution >= 4 is 12.1 Å². The molecule has 1 amide bonds. The first kappa shape index (κ1) is 29.5. The van der Waals surface area contributed by atoms with Crippen LogP contribution >= 0.6 is 0 Å². The fourth-order valence-corrected chi connectivity index (χ4v) is 5.82. The van der Waals surface area contributed by atoms with Crippen molar-refractivity contribution in [3.8, 4) is 0 Å². The van der Waals surface area contributed by atoms with Crippen LogP contribution in [0.1, 0.15) is 38.3 Å². The van der Waals surface area contributed by atoms with E-state index in [9.17, 15) is 9.59 Å². The number of methoxy groups -OCH3 is 1. The molecule has 3 aliphatic rings. The van der Waals surface area contributed by atoms with Crippen molar-refractivity contribution in [2.75, 3.05) is 7.11 Å². The lowest BCUT2D eigenvalue weighted by Gasteiger charge is -2.47. The molecule has 0 spiro atoms. The molecule has 222 valence electrons. The van der Waals surface area contributed by atoms with Crippen molar-refractivity contribution in [2.45, 2.75) is 95.5 Å². The molecule has 3 heterocycles. The number of carbonyl (C=O) groups excluding carboxylic acids is 2. The van der Waals surface area contributed by atoms with Crippen LogP contribution in [0.25, 0.3) is 0 Å². The molecule has 10 atom stereocenters. The maximum Gasteiger partial charge on any atom is 0.408 e.